The van der Waals surface area contributed by atoms with Gasteiger partial charge >= 0.3 is 0 Å². The first-order valence-corrected chi connectivity index (χ1v) is 9.84. The summed E-state index contributed by atoms with van der Waals surface area (Å²) in [7, 11) is 3.99. The molecular weight excluding hydrogens is 358 g/mol. The minimum atomic E-state index is -0.359. The number of thioether (sulfide) groups is 1. The number of benzene rings is 1. The Kier molecular flexibility index (Phi) is 5.82. The largest absolute Gasteiger partial charge is 0.379 e. The van der Waals surface area contributed by atoms with Crippen molar-refractivity contribution in [3.63, 3.8) is 0 Å². The van der Waals surface area contributed by atoms with E-state index in [0.29, 0.717) is 10.9 Å². The molecule has 3 rings (SSSR count). The Balaban J connectivity index is 1.74. The molecule has 6 nitrogen and oxygen atoms in total. The van der Waals surface area contributed by atoms with Crippen molar-refractivity contribution in [3.8, 4) is 0 Å². The molecule has 1 unspecified atom stereocenters. The van der Waals surface area contributed by atoms with E-state index in [1.165, 1.54) is 0 Å². The van der Waals surface area contributed by atoms with E-state index in [-0.39, 0.29) is 11.4 Å². The summed E-state index contributed by atoms with van der Waals surface area (Å²) in [6.45, 7) is 2.86. The lowest BCUT2D eigenvalue weighted by Gasteiger charge is -2.30. The Labute approximate surface area is 164 Å². The highest BCUT2D eigenvalue weighted by Crippen LogP contribution is 2.35. The van der Waals surface area contributed by atoms with E-state index in [2.05, 4.69) is 27.1 Å². The number of amidine groups is 1. The summed E-state index contributed by atoms with van der Waals surface area (Å²) in [4.78, 5) is 23.5. The molecule has 2 aromatic rings. The number of pyridine rings is 1. The molecule has 1 aliphatic heterocycles. The van der Waals surface area contributed by atoms with Crippen molar-refractivity contribution < 1.29 is 4.79 Å². The Bertz CT molecular complexity index is 850. The number of hydrogen-bond donors (Lipinski definition) is 2. The topological polar surface area (TPSA) is 83.6 Å². The average Bonchev–Trinajstić information content (AvgIpc) is 2.62. The number of nitrogens with zero attached hydrogens (tertiary/aromatic N) is 3. The van der Waals surface area contributed by atoms with E-state index in [4.69, 9.17) is 5.73 Å². The SMILES string of the molecule is CN(C)Cc1ccc(C(=O)Nc2cccc(C3(C)CCSC(N)=N3)c2)nc1. The molecule has 142 valence electrons. The number of hydrogen-bond acceptors (Lipinski definition) is 6. The number of aromatic nitrogens is 1. The third kappa shape index (κ3) is 4.87. The molecule has 7 heteroatoms. The predicted octanol–water partition coefficient (Wildman–Crippen LogP) is 3.06. The van der Waals surface area contributed by atoms with Crippen LogP contribution in [0.15, 0.2) is 47.6 Å². The lowest BCUT2D eigenvalue weighted by molar-refractivity contribution is 0.102. The number of nitrogens with two attached hydrogens (primary N) is 1. The van der Waals surface area contributed by atoms with Crippen LogP contribution < -0.4 is 11.1 Å². The molecule has 27 heavy (non-hydrogen) atoms. The van der Waals surface area contributed by atoms with Gasteiger partial charge in [0.15, 0.2) is 5.17 Å². The van der Waals surface area contributed by atoms with Gasteiger partial charge in [-0.2, -0.15) is 0 Å². The van der Waals surface area contributed by atoms with Crippen LogP contribution in [-0.2, 0) is 12.1 Å². The molecule has 0 radical (unpaired) electrons. The molecule has 2 heterocycles. The second-order valence-corrected chi connectivity index (χ2v) is 8.26. The Morgan fingerprint density at radius 3 is 2.81 bits per heavy atom. The zero-order valence-corrected chi connectivity index (χ0v) is 16.7. The van der Waals surface area contributed by atoms with Crippen LogP contribution in [0.1, 0.15) is 35.0 Å². The zero-order valence-electron chi connectivity index (χ0n) is 15.9. The molecule has 1 amide bonds. The van der Waals surface area contributed by atoms with E-state index < -0.39 is 0 Å². The van der Waals surface area contributed by atoms with Crippen LogP contribution in [0, 0.1) is 0 Å². The van der Waals surface area contributed by atoms with Crippen molar-refractivity contribution in [1.29, 1.82) is 0 Å². The maximum atomic E-state index is 12.5. The summed E-state index contributed by atoms with van der Waals surface area (Å²) < 4.78 is 0. The van der Waals surface area contributed by atoms with E-state index in [1.807, 2.05) is 44.4 Å². The average molecular weight is 384 g/mol. The normalized spacial score (nSPS) is 19.6. The molecule has 0 aliphatic carbocycles. The summed E-state index contributed by atoms with van der Waals surface area (Å²) in [5.74, 6) is 0.710. The van der Waals surface area contributed by atoms with Crippen LogP contribution >= 0.6 is 11.8 Å². The smallest absolute Gasteiger partial charge is 0.274 e. The molecule has 0 saturated carbocycles. The van der Waals surface area contributed by atoms with Crippen LogP contribution in [0.3, 0.4) is 0 Å². The molecule has 3 N–H and O–H groups in total. The van der Waals surface area contributed by atoms with Crippen molar-refractivity contribution in [1.82, 2.24) is 9.88 Å². The standard InChI is InChI=1S/C20H25N5OS/c1-20(9-10-27-19(21)24-20)15-5-4-6-16(11-15)23-18(26)17-8-7-14(12-22-17)13-25(2)3/h4-8,11-12H,9-10,13H2,1-3H3,(H2,21,24)(H,23,26). The van der Waals surface area contributed by atoms with Crippen LogP contribution in [0.2, 0.25) is 0 Å². The first kappa shape index (κ1) is 19.4. The summed E-state index contributed by atoms with van der Waals surface area (Å²) in [6.07, 6.45) is 2.65. The molecular formula is C20H25N5OS. The first-order chi connectivity index (χ1) is 12.9. The number of nitrogens with one attached hydrogen (secondary N) is 1. The molecule has 1 atom stereocenters. The third-order valence-corrected chi connectivity index (χ3v) is 5.29. The molecule has 0 bridgehead atoms. The van der Waals surface area contributed by atoms with Gasteiger partial charge in [-0.05, 0) is 56.8 Å². The van der Waals surface area contributed by atoms with Crippen molar-refractivity contribution in [2.24, 2.45) is 10.7 Å². The highest BCUT2D eigenvalue weighted by molar-refractivity contribution is 8.13. The van der Waals surface area contributed by atoms with Gasteiger partial charge in [0.2, 0.25) is 0 Å². The molecule has 1 aromatic heterocycles. The number of carbonyl (C=O) groups excluding carboxylic acids is 1. The van der Waals surface area contributed by atoms with Gasteiger partial charge < -0.3 is 16.0 Å². The van der Waals surface area contributed by atoms with Crippen molar-refractivity contribution in [2.75, 3.05) is 25.2 Å². The van der Waals surface area contributed by atoms with E-state index in [1.54, 1.807) is 24.0 Å². The Morgan fingerprint density at radius 2 is 2.15 bits per heavy atom. The molecule has 0 saturated heterocycles. The maximum Gasteiger partial charge on any atom is 0.274 e. The first-order valence-electron chi connectivity index (χ1n) is 8.85. The molecule has 0 spiro atoms. The van der Waals surface area contributed by atoms with Crippen LogP contribution in [0.5, 0.6) is 0 Å². The monoisotopic (exact) mass is 383 g/mol. The second-order valence-electron chi connectivity index (χ2n) is 7.15. The molecule has 1 aromatic carbocycles. The number of rotatable bonds is 5. The molecule has 1 aliphatic rings. The fourth-order valence-electron chi connectivity index (χ4n) is 3.04. The maximum absolute atomic E-state index is 12.5. The van der Waals surface area contributed by atoms with Crippen LogP contribution in [-0.4, -0.2) is 40.8 Å². The van der Waals surface area contributed by atoms with Crippen molar-refractivity contribution in [2.45, 2.75) is 25.4 Å². The highest BCUT2D eigenvalue weighted by atomic mass is 32.2. The zero-order chi connectivity index (χ0) is 19.4. The minimum Gasteiger partial charge on any atom is -0.379 e. The molecule has 0 fully saturated rings. The van der Waals surface area contributed by atoms with Gasteiger partial charge in [0, 0.05) is 24.2 Å². The van der Waals surface area contributed by atoms with Crippen LogP contribution in [0.25, 0.3) is 0 Å². The third-order valence-electron chi connectivity index (χ3n) is 4.49. The summed E-state index contributed by atoms with van der Waals surface area (Å²) in [5.41, 5.74) is 8.78. The number of amides is 1. The van der Waals surface area contributed by atoms with Crippen molar-refractivity contribution >= 4 is 28.5 Å². The summed E-state index contributed by atoms with van der Waals surface area (Å²) in [6, 6.07) is 11.5. The quantitative estimate of drug-likeness (QED) is 0.829. The fourth-order valence-corrected chi connectivity index (χ4v) is 4.01. The van der Waals surface area contributed by atoms with Gasteiger partial charge in [-0.3, -0.25) is 14.8 Å². The number of carbonyl (C=O) groups is 1. The van der Waals surface area contributed by atoms with E-state index in [0.717, 1.165) is 35.5 Å². The number of anilines is 1. The Morgan fingerprint density at radius 1 is 1.33 bits per heavy atom. The fraction of sp³-hybridized carbons (Fsp3) is 0.350. The van der Waals surface area contributed by atoms with Gasteiger partial charge in [-0.25, -0.2) is 0 Å². The van der Waals surface area contributed by atoms with Gasteiger partial charge in [0.25, 0.3) is 5.91 Å². The van der Waals surface area contributed by atoms with Gasteiger partial charge in [-0.1, -0.05) is 30.0 Å². The lowest BCUT2D eigenvalue weighted by atomic mass is 9.89. The minimum absolute atomic E-state index is 0.226. The second kappa shape index (κ2) is 8.10. The van der Waals surface area contributed by atoms with E-state index in [9.17, 15) is 4.79 Å². The summed E-state index contributed by atoms with van der Waals surface area (Å²) in [5, 5.41) is 3.54. The van der Waals surface area contributed by atoms with E-state index >= 15 is 0 Å². The van der Waals surface area contributed by atoms with Gasteiger partial charge in [0.1, 0.15) is 5.69 Å². The predicted molar refractivity (Wildman–Crippen MR) is 112 cm³/mol. The van der Waals surface area contributed by atoms with Gasteiger partial charge in [0.05, 0.1) is 5.54 Å². The van der Waals surface area contributed by atoms with Gasteiger partial charge in [-0.15, -0.1) is 0 Å². The highest BCUT2D eigenvalue weighted by Gasteiger charge is 2.29. The number of aliphatic imine (C=N–C) groups is 1. The lowest BCUT2D eigenvalue weighted by Crippen LogP contribution is -2.28. The van der Waals surface area contributed by atoms with Crippen LogP contribution in [0.4, 0.5) is 5.69 Å². The summed E-state index contributed by atoms with van der Waals surface area (Å²) >= 11 is 1.58. The van der Waals surface area contributed by atoms with Crippen molar-refractivity contribution in [3.05, 3.63) is 59.4 Å². The Hall–Kier alpha value is -2.38.